The molecule has 1 aliphatic heterocycles. The standard InChI is InChI=1S/C13H17NO3/c15-11-6-4-10(5-7-11)12(13(16)17)14-8-2-1-3-9-14/h4-7,12,15H,1-3,8-9H2,(H,16,17). The maximum absolute atomic E-state index is 11.4. The van der Waals surface area contributed by atoms with Gasteiger partial charge in [-0.1, -0.05) is 18.6 Å². The van der Waals surface area contributed by atoms with Gasteiger partial charge in [0.2, 0.25) is 0 Å². The zero-order valence-corrected chi connectivity index (χ0v) is 9.67. The normalized spacial score (nSPS) is 18.8. The van der Waals surface area contributed by atoms with Gasteiger partial charge in [-0.15, -0.1) is 0 Å². The van der Waals surface area contributed by atoms with Crippen LogP contribution in [0.2, 0.25) is 0 Å². The second-order valence-corrected chi connectivity index (χ2v) is 4.43. The summed E-state index contributed by atoms with van der Waals surface area (Å²) in [5, 5.41) is 18.6. The van der Waals surface area contributed by atoms with Crippen LogP contribution in [-0.4, -0.2) is 34.2 Å². The average molecular weight is 235 g/mol. The Kier molecular flexibility index (Phi) is 3.64. The van der Waals surface area contributed by atoms with Gasteiger partial charge >= 0.3 is 5.97 Å². The lowest BCUT2D eigenvalue weighted by molar-refractivity contribution is -0.144. The highest BCUT2D eigenvalue weighted by atomic mass is 16.4. The van der Waals surface area contributed by atoms with Crippen molar-refractivity contribution < 1.29 is 15.0 Å². The predicted octanol–water partition coefficient (Wildman–Crippen LogP) is 2.00. The molecule has 1 atom stereocenters. The number of aliphatic carboxylic acids is 1. The van der Waals surface area contributed by atoms with Crippen molar-refractivity contribution >= 4 is 5.97 Å². The number of aromatic hydroxyl groups is 1. The molecule has 1 fully saturated rings. The number of carboxylic acids is 1. The zero-order valence-electron chi connectivity index (χ0n) is 9.67. The average Bonchev–Trinajstić information content (AvgIpc) is 2.33. The molecule has 0 radical (unpaired) electrons. The van der Waals surface area contributed by atoms with Crippen molar-refractivity contribution in [2.24, 2.45) is 0 Å². The van der Waals surface area contributed by atoms with E-state index in [0.717, 1.165) is 31.5 Å². The molecule has 2 rings (SSSR count). The molecule has 17 heavy (non-hydrogen) atoms. The molecular weight excluding hydrogens is 218 g/mol. The summed E-state index contributed by atoms with van der Waals surface area (Å²) in [6.07, 6.45) is 3.29. The summed E-state index contributed by atoms with van der Waals surface area (Å²) < 4.78 is 0. The predicted molar refractivity (Wildman–Crippen MR) is 63.9 cm³/mol. The fourth-order valence-corrected chi connectivity index (χ4v) is 2.34. The third-order valence-corrected chi connectivity index (χ3v) is 3.20. The van der Waals surface area contributed by atoms with E-state index in [-0.39, 0.29) is 5.75 Å². The first-order valence-electron chi connectivity index (χ1n) is 5.94. The van der Waals surface area contributed by atoms with Crippen LogP contribution in [0.4, 0.5) is 0 Å². The number of benzene rings is 1. The molecule has 1 heterocycles. The van der Waals surface area contributed by atoms with E-state index >= 15 is 0 Å². The topological polar surface area (TPSA) is 60.8 Å². The van der Waals surface area contributed by atoms with Crippen molar-refractivity contribution in [2.45, 2.75) is 25.3 Å². The number of phenols is 1. The summed E-state index contributed by atoms with van der Waals surface area (Å²) in [4.78, 5) is 13.4. The number of piperidine rings is 1. The molecule has 1 aliphatic rings. The fraction of sp³-hybridized carbons (Fsp3) is 0.462. The molecule has 1 saturated heterocycles. The van der Waals surface area contributed by atoms with Crippen molar-refractivity contribution in [1.29, 1.82) is 0 Å². The van der Waals surface area contributed by atoms with Gasteiger partial charge in [0.1, 0.15) is 11.8 Å². The summed E-state index contributed by atoms with van der Waals surface area (Å²) in [6.45, 7) is 1.66. The van der Waals surface area contributed by atoms with Crippen molar-refractivity contribution in [1.82, 2.24) is 4.90 Å². The van der Waals surface area contributed by atoms with E-state index < -0.39 is 12.0 Å². The number of nitrogens with zero attached hydrogens (tertiary/aromatic N) is 1. The fourth-order valence-electron chi connectivity index (χ4n) is 2.34. The van der Waals surface area contributed by atoms with E-state index in [4.69, 9.17) is 0 Å². The molecule has 0 bridgehead atoms. The van der Waals surface area contributed by atoms with Gasteiger partial charge in [-0.05, 0) is 43.6 Å². The Morgan fingerprint density at radius 1 is 1.12 bits per heavy atom. The van der Waals surface area contributed by atoms with E-state index in [1.165, 1.54) is 18.6 Å². The first kappa shape index (κ1) is 11.9. The van der Waals surface area contributed by atoms with Crippen LogP contribution in [0.5, 0.6) is 5.75 Å². The van der Waals surface area contributed by atoms with Crippen LogP contribution < -0.4 is 0 Å². The molecule has 0 spiro atoms. The summed E-state index contributed by atoms with van der Waals surface area (Å²) in [5.41, 5.74) is 0.734. The van der Waals surface area contributed by atoms with Gasteiger partial charge in [-0.3, -0.25) is 9.69 Å². The highest BCUT2D eigenvalue weighted by molar-refractivity contribution is 5.75. The number of rotatable bonds is 3. The van der Waals surface area contributed by atoms with E-state index in [0.29, 0.717) is 0 Å². The van der Waals surface area contributed by atoms with Crippen LogP contribution in [0, 0.1) is 0 Å². The lowest BCUT2D eigenvalue weighted by Gasteiger charge is -2.32. The number of likely N-dealkylation sites (tertiary alicyclic amines) is 1. The van der Waals surface area contributed by atoms with Crippen LogP contribution in [0.3, 0.4) is 0 Å². The Labute approximate surface area is 100 Å². The van der Waals surface area contributed by atoms with Crippen molar-refractivity contribution in [3.63, 3.8) is 0 Å². The molecule has 0 saturated carbocycles. The van der Waals surface area contributed by atoms with Gasteiger partial charge in [-0.2, -0.15) is 0 Å². The SMILES string of the molecule is O=C(O)C(c1ccc(O)cc1)N1CCCCC1. The Morgan fingerprint density at radius 2 is 1.71 bits per heavy atom. The van der Waals surface area contributed by atoms with E-state index in [2.05, 4.69) is 0 Å². The molecular formula is C13H17NO3. The maximum Gasteiger partial charge on any atom is 0.325 e. The van der Waals surface area contributed by atoms with E-state index in [1.54, 1.807) is 12.1 Å². The molecule has 2 N–H and O–H groups in total. The highest BCUT2D eigenvalue weighted by Gasteiger charge is 2.28. The number of carbonyl (C=O) groups is 1. The molecule has 1 unspecified atom stereocenters. The lowest BCUT2D eigenvalue weighted by atomic mass is 10.0. The smallest absolute Gasteiger partial charge is 0.325 e. The summed E-state index contributed by atoms with van der Waals surface area (Å²) in [6, 6.07) is 5.85. The molecule has 0 aromatic heterocycles. The highest BCUT2D eigenvalue weighted by Crippen LogP contribution is 2.26. The third-order valence-electron chi connectivity index (χ3n) is 3.20. The third kappa shape index (κ3) is 2.77. The maximum atomic E-state index is 11.4. The summed E-state index contributed by atoms with van der Waals surface area (Å²) in [7, 11) is 0. The van der Waals surface area contributed by atoms with Crippen molar-refractivity contribution in [3.05, 3.63) is 29.8 Å². The Balaban J connectivity index is 2.21. The zero-order chi connectivity index (χ0) is 12.3. The Bertz CT molecular complexity index is 382. The van der Waals surface area contributed by atoms with E-state index in [9.17, 15) is 15.0 Å². The number of carboxylic acid groups (broad SMARTS) is 1. The lowest BCUT2D eigenvalue weighted by Crippen LogP contribution is -2.37. The van der Waals surface area contributed by atoms with Gasteiger partial charge in [0, 0.05) is 0 Å². The minimum absolute atomic E-state index is 0.163. The molecule has 4 heteroatoms. The van der Waals surface area contributed by atoms with Gasteiger partial charge in [0.25, 0.3) is 0 Å². The second-order valence-electron chi connectivity index (χ2n) is 4.43. The largest absolute Gasteiger partial charge is 0.508 e. The molecule has 1 aromatic carbocycles. The van der Waals surface area contributed by atoms with Gasteiger partial charge in [0.15, 0.2) is 0 Å². The van der Waals surface area contributed by atoms with Crippen LogP contribution in [0.15, 0.2) is 24.3 Å². The second kappa shape index (κ2) is 5.19. The molecule has 1 aromatic rings. The van der Waals surface area contributed by atoms with Crippen molar-refractivity contribution in [2.75, 3.05) is 13.1 Å². The monoisotopic (exact) mass is 235 g/mol. The number of phenolic OH excluding ortho intramolecular Hbond substituents is 1. The van der Waals surface area contributed by atoms with Crippen LogP contribution in [-0.2, 0) is 4.79 Å². The minimum atomic E-state index is -0.822. The quantitative estimate of drug-likeness (QED) is 0.841. The molecule has 0 amide bonds. The van der Waals surface area contributed by atoms with Gasteiger partial charge in [-0.25, -0.2) is 0 Å². The summed E-state index contributed by atoms with van der Waals surface area (Å²) in [5.74, 6) is -0.658. The van der Waals surface area contributed by atoms with Crippen LogP contribution >= 0.6 is 0 Å². The minimum Gasteiger partial charge on any atom is -0.508 e. The Hall–Kier alpha value is -1.55. The first-order valence-corrected chi connectivity index (χ1v) is 5.94. The van der Waals surface area contributed by atoms with Gasteiger partial charge < -0.3 is 10.2 Å². The first-order chi connectivity index (χ1) is 8.18. The number of hydrogen-bond donors (Lipinski definition) is 2. The number of hydrogen-bond acceptors (Lipinski definition) is 3. The molecule has 92 valence electrons. The Morgan fingerprint density at radius 3 is 2.24 bits per heavy atom. The van der Waals surface area contributed by atoms with Crippen LogP contribution in [0.25, 0.3) is 0 Å². The molecule has 4 nitrogen and oxygen atoms in total. The van der Waals surface area contributed by atoms with Gasteiger partial charge in [0.05, 0.1) is 0 Å². The van der Waals surface area contributed by atoms with Crippen LogP contribution in [0.1, 0.15) is 30.9 Å². The van der Waals surface area contributed by atoms with Crippen molar-refractivity contribution in [3.8, 4) is 5.75 Å². The van der Waals surface area contributed by atoms with E-state index in [1.807, 2.05) is 4.90 Å². The summed E-state index contributed by atoms with van der Waals surface area (Å²) >= 11 is 0. The molecule has 0 aliphatic carbocycles.